The lowest BCUT2D eigenvalue weighted by molar-refractivity contribution is -0.118. The number of carbonyl (C=O) groups is 1. The third-order valence-electron chi connectivity index (χ3n) is 1.52. The van der Waals surface area contributed by atoms with Crippen LogP contribution in [0.25, 0.3) is 0 Å². The van der Waals surface area contributed by atoms with Crippen molar-refractivity contribution in [2.75, 3.05) is 0 Å². The van der Waals surface area contributed by atoms with E-state index in [-0.39, 0.29) is 0 Å². The summed E-state index contributed by atoms with van der Waals surface area (Å²) in [4.78, 5) is 12.4. The molecule has 0 atom stereocenters. The van der Waals surface area contributed by atoms with Crippen LogP contribution < -0.4 is 0 Å². The summed E-state index contributed by atoms with van der Waals surface area (Å²) >= 11 is 5.00. The summed E-state index contributed by atoms with van der Waals surface area (Å²) in [5.41, 5.74) is 0. The zero-order valence-corrected chi connectivity index (χ0v) is 9.37. The summed E-state index contributed by atoms with van der Waals surface area (Å²) in [6, 6.07) is 2.01. The van der Waals surface area contributed by atoms with E-state index in [1.807, 2.05) is 18.4 Å². The highest BCUT2D eigenvalue weighted by Crippen LogP contribution is 2.20. The van der Waals surface area contributed by atoms with Gasteiger partial charge in [0, 0.05) is 27.6 Å². The predicted molar refractivity (Wildman–Crippen MR) is 55.6 cm³/mol. The standard InChI is InChI=1S/C9H11BrOS/c1-2-3-8(11)5-9-4-7(10)6-12-9/h4,6H,2-3,5H2,1H3. The van der Waals surface area contributed by atoms with Crippen molar-refractivity contribution in [1.29, 1.82) is 0 Å². The second-order valence-corrected chi connectivity index (χ2v) is 4.61. The van der Waals surface area contributed by atoms with E-state index in [1.54, 1.807) is 11.3 Å². The van der Waals surface area contributed by atoms with Crippen LogP contribution in [0.2, 0.25) is 0 Å². The minimum atomic E-state index is 0.340. The molecule has 0 radical (unpaired) electrons. The van der Waals surface area contributed by atoms with Gasteiger partial charge < -0.3 is 0 Å². The zero-order valence-electron chi connectivity index (χ0n) is 6.97. The van der Waals surface area contributed by atoms with Crippen molar-refractivity contribution in [1.82, 2.24) is 0 Å². The molecule has 0 aliphatic heterocycles. The second-order valence-electron chi connectivity index (χ2n) is 2.70. The molecule has 0 fully saturated rings. The molecular weight excluding hydrogens is 236 g/mol. The van der Waals surface area contributed by atoms with Gasteiger partial charge in [-0.05, 0) is 28.4 Å². The molecule has 1 rings (SSSR count). The molecule has 0 unspecified atom stereocenters. The quantitative estimate of drug-likeness (QED) is 0.796. The second kappa shape index (κ2) is 4.77. The van der Waals surface area contributed by atoms with Crippen molar-refractivity contribution in [2.24, 2.45) is 0 Å². The summed E-state index contributed by atoms with van der Waals surface area (Å²) in [5.74, 6) is 0.340. The topological polar surface area (TPSA) is 17.1 Å². The van der Waals surface area contributed by atoms with Crippen molar-refractivity contribution in [3.8, 4) is 0 Å². The van der Waals surface area contributed by atoms with Gasteiger partial charge in [0.05, 0.1) is 0 Å². The van der Waals surface area contributed by atoms with Gasteiger partial charge in [0.2, 0.25) is 0 Å². The van der Waals surface area contributed by atoms with Crippen molar-refractivity contribution in [3.63, 3.8) is 0 Å². The Bertz CT molecular complexity index is 267. The van der Waals surface area contributed by atoms with Gasteiger partial charge in [0.25, 0.3) is 0 Å². The molecule has 0 bridgehead atoms. The van der Waals surface area contributed by atoms with E-state index in [9.17, 15) is 4.79 Å². The summed E-state index contributed by atoms with van der Waals surface area (Å²) in [6.45, 7) is 2.03. The summed E-state index contributed by atoms with van der Waals surface area (Å²) in [7, 11) is 0. The lowest BCUT2D eigenvalue weighted by atomic mass is 10.1. The van der Waals surface area contributed by atoms with Crippen LogP contribution in [0.1, 0.15) is 24.6 Å². The Morgan fingerprint density at radius 2 is 2.42 bits per heavy atom. The molecule has 66 valence electrons. The molecule has 1 aromatic heterocycles. The fourth-order valence-electron chi connectivity index (χ4n) is 1.01. The maximum absolute atomic E-state index is 11.2. The molecule has 1 nitrogen and oxygen atoms in total. The van der Waals surface area contributed by atoms with Gasteiger partial charge in [0.15, 0.2) is 0 Å². The third-order valence-corrected chi connectivity index (χ3v) is 3.22. The highest BCUT2D eigenvalue weighted by molar-refractivity contribution is 9.10. The molecule has 0 aliphatic carbocycles. The van der Waals surface area contributed by atoms with Crippen molar-refractivity contribution >= 4 is 33.0 Å². The number of carbonyl (C=O) groups excluding carboxylic acids is 1. The lowest BCUT2D eigenvalue weighted by Crippen LogP contribution is -1.99. The van der Waals surface area contributed by atoms with E-state index in [0.29, 0.717) is 18.6 Å². The summed E-state index contributed by atoms with van der Waals surface area (Å²) in [6.07, 6.45) is 2.25. The molecule has 0 N–H and O–H groups in total. The maximum atomic E-state index is 11.2. The minimum absolute atomic E-state index is 0.340. The Hall–Kier alpha value is -0.150. The van der Waals surface area contributed by atoms with Crippen LogP contribution in [0.3, 0.4) is 0 Å². The maximum Gasteiger partial charge on any atom is 0.138 e. The number of hydrogen-bond donors (Lipinski definition) is 0. The smallest absolute Gasteiger partial charge is 0.138 e. The zero-order chi connectivity index (χ0) is 8.97. The van der Waals surface area contributed by atoms with Crippen LogP contribution in [-0.2, 0) is 11.2 Å². The molecule has 0 aliphatic rings. The first-order valence-corrected chi connectivity index (χ1v) is 5.64. The third kappa shape index (κ3) is 3.07. The van der Waals surface area contributed by atoms with Crippen LogP contribution in [-0.4, -0.2) is 5.78 Å². The average molecular weight is 247 g/mol. The van der Waals surface area contributed by atoms with Gasteiger partial charge in [-0.25, -0.2) is 0 Å². The molecule has 0 saturated heterocycles. The summed E-state index contributed by atoms with van der Waals surface area (Å²) in [5, 5.41) is 2.01. The van der Waals surface area contributed by atoms with E-state index < -0.39 is 0 Å². The predicted octanol–water partition coefficient (Wildman–Crippen LogP) is 3.42. The molecule has 12 heavy (non-hydrogen) atoms. The molecule has 0 saturated carbocycles. The Labute approximate surface area is 84.9 Å². The Morgan fingerprint density at radius 1 is 1.67 bits per heavy atom. The number of Topliss-reactive ketones (excluding diaryl/α,β-unsaturated/α-hetero) is 1. The first-order valence-electron chi connectivity index (χ1n) is 3.97. The van der Waals surface area contributed by atoms with Gasteiger partial charge in [-0.3, -0.25) is 4.79 Å². The first kappa shape index (κ1) is 9.93. The van der Waals surface area contributed by atoms with Crippen LogP contribution in [0, 0.1) is 0 Å². The van der Waals surface area contributed by atoms with Crippen molar-refractivity contribution in [2.45, 2.75) is 26.2 Å². The Balaban J connectivity index is 2.46. The number of ketones is 1. The molecular formula is C9H11BrOS. The van der Waals surface area contributed by atoms with Crippen LogP contribution in [0.5, 0.6) is 0 Å². The fourth-order valence-corrected chi connectivity index (χ4v) is 2.49. The lowest BCUT2D eigenvalue weighted by Gasteiger charge is -1.93. The molecule has 0 spiro atoms. The van der Waals surface area contributed by atoms with E-state index >= 15 is 0 Å². The molecule has 3 heteroatoms. The van der Waals surface area contributed by atoms with Crippen LogP contribution in [0.15, 0.2) is 15.9 Å². The van der Waals surface area contributed by atoms with E-state index in [4.69, 9.17) is 0 Å². The van der Waals surface area contributed by atoms with Gasteiger partial charge >= 0.3 is 0 Å². The van der Waals surface area contributed by atoms with Gasteiger partial charge in [-0.2, -0.15) is 0 Å². The fraction of sp³-hybridized carbons (Fsp3) is 0.444. The summed E-state index contributed by atoms with van der Waals surface area (Å²) < 4.78 is 1.08. The van der Waals surface area contributed by atoms with Gasteiger partial charge in [-0.15, -0.1) is 11.3 Å². The van der Waals surface area contributed by atoms with E-state index in [2.05, 4.69) is 15.9 Å². The van der Waals surface area contributed by atoms with Crippen LogP contribution in [0.4, 0.5) is 0 Å². The Kier molecular flexibility index (Phi) is 3.95. The molecule has 1 aromatic rings. The highest BCUT2D eigenvalue weighted by Gasteiger charge is 2.03. The van der Waals surface area contributed by atoms with Gasteiger partial charge in [-0.1, -0.05) is 6.92 Å². The number of thiophene rings is 1. The van der Waals surface area contributed by atoms with E-state index in [1.165, 1.54) is 0 Å². The molecule has 1 heterocycles. The van der Waals surface area contributed by atoms with E-state index in [0.717, 1.165) is 15.8 Å². The molecule has 0 amide bonds. The minimum Gasteiger partial charge on any atom is -0.299 e. The van der Waals surface area contributed by atoms with Crippen molar-refractivity contribution in [3.05, 3.63) is 20.8 Å². The number of hydrogen-bond acceptors (Lipinski definition) is 2. The van der Waals surface area contributed by atoms with Crippen LogP contribution >= 0.6 is 27.3 Å². The largest absolute Gasteiger partial charge is 0.299 e. The number of rotatable bonds is 4. The SMILES string of the molecule is CCCC(=O)Cc1cc(Br)cs1. The van der Waals surface area contributed by atoms with Gasteiger partial charge in [0.1, 0.15) is 5.78 Å². The molecule has 0 aromatic carbocycles. The Morgan fingerprint density at radius 3 is 2.92 bits per heavy atom. The highest BCUT2D eigenvalue weighted by atomic mass is 79.9. The monoisotopic (exact) mass is 246 g/mol. The average Bonchev–Trinajstić information content (AvgIpc) is 2.36. The first-order chi connectivity index (χ1) is 5.72. The number of halogens is 1. The normalized spacial score (nSPS) is 10.2. The van der Waals surface area contributed by atoms with Crippen molar-refractivity contribution < 1.29 is 4.79 Å².